The van der Waals surface area contributed by atoms with Crippen molar-refractivity contribution in [1.82, 2.24) is 19.4 Å². The largest absolute Gasteiger partial charge is 0.382 e. The Hall–Kier alpha value is -1.98. The Morgan fingerprint density at radius 3 is 2.70 bits per heavy atom. The number of nitrogens with two attached hydrogens (primary N) is 2. The molecule has 2 aromatic rings. The van der Waals surface area contributed by atoms with Crippen LogP contribution in [0.5, 0.6) is 0 Å². The number of hydrogen-bond acceptors (Lipinski definition) is 4. The molecule has 0 radical (unpaired) electrons. The number of aromatic nitrogens is 4. The van der Waals surface area contributed by atoms with E-state index in [0.717, 1.165) is 42.0 Å². The maximum absolute atomic E-state index is 6.17. The van der Waals surface area contributed by atoms with E-state index in [2.05, 4.69) is 12.0 Å². The number of nitrogen functional groups attached to an aromatic ring is 2. The smallest absolute Gasteiger partial charge is 0.150 e. The van der Waals surface area contributed by atoms with Gasteiger partial charge in [0.1, 0.15) is 11.5 Å². The van der Waals surface area contributed by atoms with Gasteiger partial charge in [0.05, 0.1) is 5.69 Å². The summed E-state index contributed by atoms with van der Waals surface area (Å²) in [4.78, 5) is 4.74. The molecule has 108 valence electrons. The summed E-state index contributed by atoms with van der Waals surface area (Å²) in [6.45, 7) is 2.08. The Labute approximate surface area is 118 Å². The highest BCUT2D eigenvalue weighted by molar-refractivity contribution is 5.72. The minimum atomic E-state index is 0.442. The first-order valence-corrected chi connectivity index (χ1v) is 7.27. The fourth-order valence-corrected chi connectivity index (χ4v) is 3.13. The Kier molecular flexibility index (Phi) is 3.16. The van der Waals surface area contributed by atoms with Gasteiger partial charge in [-0.15, -0.1) is 0 Å². The lowest BCUT2D eigenvalue weighted by atomic mass is 10.1. The van der Waals surface area contributed by atoms with Gasteiger partial charge >= 0.3 is 0 Å². The van der Waals surface area contributed by atoms with Gasteiger partial charge in [0.15, 0.2) is 5.82 Å². The van der Waals surface area contributed by atoms with Crippen LogP contribution in [0.25, 0.3) is 11.3 Å². The molecular formula is C14H22N6. The van der Waals surface area contributed by atoms with E-state index in [-0.39, 0.29) is 0 Å². The molecule has 1 saturated carbocycles. The minimum absolute atomic E-state index is 0.442. The molecule has 6 heteroatoms. The van der Waals surface area contributed by atoms with Crippen LogP contribution in [0, 0.1) is 0 Å². The van der Waals surface area contributed by atoms with Gasteiger partial charge in [-0.1, -0.05) is 19.8 Å². The molecule has 6 nitrogen and oxygen atoms in total. The Balaban J connectivity index is 2.07. The molecule has 3 rings (SSSR count). The minimum Gasteiger partial charge on any atom is -0.382 e. The summed E-state index contributed by atoms with van der Waals surface area (Å²) in [6.07, 6.45) is 7.63. The predicted molar refractivity (Wildman–Crippen MR) is 79.6 cm³/mol. The molecule has 0 amide bonds. The standard InChI is InChI=1S/C14H22N6/c1-3-11-10(8-19(2)18-11)12-13(15)20(16)14(17-12)9-6-4-5-7-9/h8-9H,3-7,15-16H2,1-2H3. The average molecular weight is 274 g/mol. The lowest BCUT2D eigenvalue weighted by Gasteiger charge is -2.08. The molecule has 1 fully saturated rings. The van der Waals surface area contributed by atoms with Crippen LogP contribution >= 0.6 is 0 Å². The second-order valence-electron chi connectivity index (χ2n) is 5.57. The number of nitrogens with zero attached hydrogens (tertiary/aromatic N) is 4. The fourth-order valence-electron chi connectivity index (χ4n) is 3.13. The molecule has 1 aliphatic carbocycles. The van der Waals surface area contributed by atoms with E-state index in [1.807, 2.05) is 13.2 Å². The van der Waals surface area contributed by atoms with E-state index in [4.69, 9.17) is 16.6 Å². The van der Waals surface area contributed by atoms with Gasteiger partial charge in [-0.2, -0.15) is 5.10 Å². The van der Waals surface area contributed by atoms with Crippen molar-refractivity contribution >= 4 is 5.82 Å². The summed E-state index contributed by atoms with van der Waals surface area (Å²) < 4.78 is 3.37. The zero-order chi connectivity index (χ0) is 14.3. The molecule has 0 aliphatic heterocycles. The van der Waals surface area contributed by atoms with Gasteiger partial charge in [-0.3, -0.25) is 4.68 Å². The lowest BCUT2D eigenvalue weighted by molar-refractivity contribution is 0.648. The first-order valence-electron chi connectivity index (χ1n) is 7.27. The second-order valence-corrected chi connectivity index (χ2v) is 5.57. The number of anilines is 1. The first kappa shape index (κ1) is 13.0. The third kappa shape index (κ3) is 1.95. The summed E-state index contributed by atoms with van der Waals surface area (Å²) in [5.74, 6) is 8.02. The molecule has 20 heavy (non-hydrogen) atoms. The number of aryl methyl sites for hydroxylation is 2. The number of hydrogen-bond donors (Lipinski definition) is 2. The van der Waals surface area contributed by atoms with Crippen LogP contribution in [0.3, 0.4) is 0 Å². The van der Waals surface area contributed by atoms with Gasteiger partial charge in [0.25, 0.3) is 0 Å². The summed E-state index contributed by atoms with van der Waals surface area (Å²) >= 11 is 0. The molecular weight excluding hydrogens is 252 g/mol. The van der Waals surface area contributed by atoms with Gasteiger partial charge < -0.3 is 11.6 Å². The lowest BCUT2D eigenvalue weighted by Crippen LogP contribution is -2.17. The van der Waals surface area contributed by atoms with Crippen molar-refractivity contribution in [1.29, 1.82) is 0 Å². The highest BCUT2D eigenvalue weighted by atomic mass is 15.4. The van der Waals surface area contributed by atoms with Crippen molar-refractivity contribution in [3.63, 3.8) is 0 Å². The van der Waals surface area contributed by atoms with Gasteiger partial charge in [-0.05, 0) is 19.3 Å². The molecule has 0 saturated heterocycles. The SMILES string of the molecule is CCc1nn(C)cc1-c1nc(C2CCCC2)n(N)c1N. The van der Waals surface area contributed by atoms with Crippen molar-refractivity contribution in [2.24, 2.45) is 7.05 Å². The molecule has 1 aliphatic rings. The third-order valence-corrected chi connectivity index (χ3v) is 4.19. The maximum Gasteiger partial charge on any atom is 0.150 e. The Morgan fingerprint density at radius 1 is 1.35 bits per heavy atom. The van der Waals surface area contributed by atoms with Crippen molar-refractivity contribution in [3.05, 3.63) is 17.7 Å². The predicted octanol–water partition coefficient (Wildman–Crippen LogP) is 1.80. The highest BCUT2D eigenvalue weighted by Crippen LogP contribution is 2.36. The molecule has 4 N–H and O–H groups in total. The summed E-state index contributed by atoms with van der Waals surface area (Å²) in [7, 11) is 1.91. The van der Waals surface area contributed by atoms with Crippen LogP contribution in [0.2, 0.25) is 0 Å². The van der Waals surface area contributed by atoms with Crippen LogP contribution in [0.4, 0.5) is 5.82 Å². The van der Waals surface area contributed by atoms with Crippen LogP contribution in [0.1, 0.15) is 50.0 Å². The maximum atomic E-state index is 6.17. The third-order valence-electron chi connectivity index (χ3n) is 4.19. The summed E-state index contributed by atoms with van der Waals surface area (Å²) in [5, 5.41) is 4.45. The van der Waals surface area contributed by atoms with E-state index in [0.29, 0.717) is 11.7 Å². The molecule has 2 aromatic heterocycles. The molecule has 0 atom stereocenters. The molecule has 0 unspecified atom stereocenters. The number of rotatable bonds is 3. The van der Waals surface area contributed by atoms with Crippen LogP contribution in [-0.2, 0) is 13.5 Å². The van der Waals surface area contributed by atoms with Crippen molar-refractivity contribution in [3.8, 4) is 11.3 Å². The number of imidazole rings is 1. The highest BCUT2D eigenvalue weighted by Gasteiger charge is 2.26. The molecule has 2 heterocycles. The zero-order valence-electron chi connectivity index (χ0n) is 12.1. The van der Waals surface area contributed by atoms with Gasteiger partial charge in [0, 0.05) is 24.7 Å². The molecule has 0 spiro atoms. The Bertz CT molecular complexity index is 618. The Morgan fingerprint density at radius 2 is 2.05 bits per heavy atom. The molecule has 0 bridgehead atoms. The van der Waals surface area contributed by atoms with E-state index >= 15 is 0 Å². The summed E-state index contributed by atoms with van der Waals surface area (Å²) in [6, 6.07) is 0. The topological polar surface area (TPSA) is 87.7 Å². The summed E-state index contributed by atoms with van der Waals surface area (Å²) in [5.41, 5.74) is 8.96. The normalized spacial score (nSPS) is 16.1. The van der Waals surface area contributed by atoms with E-state index < -0.39 is 0 Å². The van der Waals surface area contributed by atoms with E-state index in [1.165, 1.54) is 12.8 Å². The van der Waals surface area contributed by atoms with Crippen LogP contribution in [0.15, 0.2) is 6.20 Å². The van der Waals surface area contributed by atoms with Gasteiger partial charge in [-0.25, -0.2) is 9.66 Å². The van der Waals surface area contributed by atoms with E-state index in [9.17, 15) is 0 Å². The van der Waals surface area contributed by atoms with Crippen molar-refractivity contribution in [2.45, 2.75) is 44.9 Å². The quantitative estimate of drug-likeness (QED) is 0.835. The fraction of sp³-hybridized carbons (Fsp3) is 0.571. The second kappa shape index (κ2) is 4.85. The zero-order valence-corrected chi connectivity index (χ0v) is 12.1. The molecule has 0 aromatic carbocycles. The van der Waals surface area contributed by atoms with Crippen LogP contribution in [-0.4, -0.2) is 19.4 Å². The van der Waals surface area contributed by atoms with Crippen molar-refractivity contribution < 1.29 is 0 Å². The van der Waals surface area contributed by atoms with Crippen LogP contribution < -0.4 is 11.6 Å². The van der Waals surface area contributed by atoms with Gasteiger partial charge in [0.2, 0.25) is 0 Å². The average Bonchev–Trinajstić information content (AvgIpc) is 3.12. The van der Waals surface area contributed by atoms with E-state index in [1.54, 1.807) is 9.36 Å². The monoisotopic (exact) mass is 274 g/mol. The first-order chi connectivity index (χ1) is 9.61. The van der Waals surface area contributed by atoms with Crippen molar-refractivity contribution in [2.75, 3.05) is 11.6 Å².